The van der Waals surface area contributed by atoms with E-state index in [4.69, 9.17) is 5.11 Å². The lowest BCUT2D eigenvalue weighted by atomic mass is 10.3. The molecule has 0 saturated carbocycles. The molecule has 0 spiro atoms. The number of hydrogen-bond acceptors (Lipinski definition) is 5. The summed E-state index contributed by atoms with van der Waals surface area (Å²) in [5, 5.41) is 8.47. The lowest BCUT2D eigenvalue weighted by molar-refractivity contribution is -0.154. The molecule has 0 aromatic heterocycles. The Balaban J connectivity index is 0.000000252. The predicted molar refractivity (Wildman–Crippen MR) is 43.2 cm³/mol. The van der Waals surface area contributed by atoms with Crippen molar-refractivity contribution >= 4 is 11.9 Å². The number of rotatable bonds is 2. The molecule has 0 aromatic rings. The molecule has 1 fully saturated rings. The minimum atomic E-state index is -1.22. The van der Waals surface area contributed by atoms with Crippen LogP contribution >= 0.6 is 0 Å². The third-order valence-corrected chi connectivity index (χ3v) is 1.04. The molecule has 1 aliphatic heterocycles. The second-order valence-corrected chi connectivity index (χ2v) is 1.98. The summed E-state index contributed by atoms with van der Waals surface area (Å²) in [6, 6.07) is 0. The van der Waals surface area contributed by atoms with E-state index in [0.29, 0.717) is 0 Å². The van der Waals surface area contributed by atoms with Crippen LogP contribution in [0.2, 0.25) is 0 Å². The molecule has 0 amide bonds. The van der Waals surface area contributed by atoms with Gasteiger partial charge in [0.15, 0.2) is 6.10 Å². The summed E-state index contributed by atoms with van der Waals surface area (Å²) < 4.78 is 8.31. The molecule has 13 heavy (non-hydrogen) atoms. The topological polar surface area (TPSA) is 72.8 Å². The van der Waals surface area contributed by atoms with Crippen LogP contribution in [0.15, 0.2) is 25.7 Å². The minimum absolute atomic E-state index is 0.196. The maximum absolute atomic E-state index is 10.1. The van der Waals surface area contributed by atoms with E-state index in [-0.39, 0.29) is 6.42 Å². The number of hydrogen-bond donors (Lipinski definition) is 1. The molecule has 0 aromatic carbocycles. The van der Waals surface area contributed by atoms with Crippen molar-refractivity contribution in [3.63, 3.8) is 0 Å². The van der Waals surface area contributed by atoms with Gasteiger partial charge in [-0.3, -0.25) is 4.79 Å². The van der Waals surface area contributed by atoms with Gasteiger partial charge in [-0.2, -0.15) is 0 Å². The molecule has 1 atom stereocenters. The van der Waals surface area contributed by atoms with E-state index in [2.05, 4.69) is 22.6 Å². The fourth-order valence-electron chi connectivity index (χ4n) is 0.531. The average Bonchev–Trinajstić information content (AvgIpc) is 2.32. The highest BCUT2D eigenvalue weighted by atomic mass is 16.6. The maximum Gasteiger partial charge on any atom is 0.343 e. The van der Waals surface area contributed by atoms with Crippen molar-refractivity contribution in [1.82, 2.24) is 0 Å². The van der Waals surface area contributed by atoms with Crippen LogP contribution in [-0.2, 0) is 19.1 Å². The standard InChI is InChI=1S/C4H4O4.C4H6O/c5-2-1-3(6)8-4(2)7;1-3-5-4-2/h2,5H,1H2;3-4H,1-2H2. The van der Waals surface area contributed by atoms with Crippen molar-refractivity contribution in [2.75, 3.05) is 0 Å². The van der Waals surface area contributed by atoms with Gasteiger partial charge in [-0.05, 0) is 0 Å². The van der Waals surface area contributed by atoms with Gasteiger partial charge in [0.2, 0.25) is 0 Å². The first-order chi connectivity index (χ1) is 6.11. The quantitative estimate of drug-likeness (QED) is 0.376. The van der Waals surface area contributed by atoms with E-state index in [1.165, 1.54) is 12.5 Å². The van der Waals surface area contributed by atoms with E-state index in [1.54, 1.807) is 0 Å². The zero-order chi connectivity index (χ0) is 10.3. The van der Waals surface area contributed by atoms with Crippen molar-refractivity contribution in [2.45, 2.75) is 12.5 Å². The Labute approximate surface area is 75.3 Å². The first kappa shape index (κ1) is 11.4. The Morgan fingerprint density at radius 3 is 2.08 bits per heavy atom. The third-order valence-electron chi connectivity index (χ3n) is 1.04. The smallest absolute Gasteiger partial charge is 0.343 e. The number of ether oxygens (including phenoxy) is 2. The predicted octanol–water partition coefficient (Wildman–Crippen LogP) is 0.111. The number of cyclic esters (lactones) is 2. The van der Waals surface area contributed by atoms with Crippen molar-refractivity contribution in [2.24, 2.45) is 0 Å². The zero-order valence-electron chi connectivity index (χ0n) is 6.93. The van der Waals surface area contributed by atoms with Crippen LogP contribution in [0, 0.1) is 0 Å². The summed E-state index contributed by atoms with van der Waals surface area (Å²) in [4.78, 5) is 20.2. The summed E-state index contributed by atoms with van der Waals surface area (Å²) in [6.45, 7) is 6.51. The molecule has 1 rings (SSSR count). The second kappa shape index (κ2) is 5.96. The van der Waals surface area contributed by atoms with E-state index < -0.39 is 18.0 Å². The molecule has 5 heteroatoms. The third kappa shape index (κ3) is 4.76. The molecule has 1 aliphatic rings. The van der Waals surface area contributed by atoms with E-state index in [1.807, 2.05) is 0 Å². The molecule has 5 nitrogen and oxygen atoms in total. The number of aliphatic hydroxyl groups excluding tert-OH is 1. The van der Waals surface area contributed by atoms with E-state index in [9.17, 15) is 9.59 Å². The van der Waals surface area contributed by atoms with Gasteiger partial charge in [0.25, 0.3) is 0 Å². The molecular weight excluding hydrogens is 176 g/mol. The Morgan fingerprint density at radius 1 is 1.46 bits per heavy atom. The molecule has 72 valence electrons. The van der Waals surface area contributed by atoms with Crippen LogP contribution < -0.4 is 0 Å². The van der Waals surface area contributed by atoms with Crippen LogP contribution in [0.5, 0.6) is 0 Å². The average molecular weight is 186 g/mol. The fraction of sp³-hybridized carbons (Fsp3) is 0.250. The Bertz CT molecular complexity index is 215. The molecule has 1 saturated heterocycles. The number of carbonyl (C=O) groups excluding carboxylic acids is 2. The first-order valence-electron chi connectivity index (χ1n) is 3.41. The number of aliphatic hydroxyl groups is 1. The minimum Gasteiger partial charge on any atom is -0.474 e. The van der Waals surface area contributed by atoms with Crippen LogP contribution in [0.4, 0.5) is 0 Å². The Kier molecular flexibility index (Phi) is 5.22. The molecule has 1 heterocycles. The molecule has 0 aliphatic carbocycles. The van der Waals surface area contributed by atoms with Gasteiger partial charge < -0.3 is 14.6 Å². The summed E-state index contributed by atoms with van der Waals surface area (Å²) in [5.74, 6) is -1.49. The van der Waals surface area contributed by atoms with Gasteiger partial charge >= 0.3 is 11.9 Å². The van der Waals surface area contributed by atoms with Gasteiger partial charge in [-0.15, -0.1) is 0 Å². The lowest BCUT2D eigenvalue weighted by Gasteiger charge is -1.86. The van der Waals surface area contributed by atoms with Gasteiger partial charge in [0, 0.05) is 0 Å². The number of esters is 2. The van der Waals surface area contributed by atoms with Gasteiger partial charge in [-0.25, -0.2) is 4.79 Å². The van der Waals surface area contributed by atoms with Crippen molar-refractivity contribution in [3.8, 4) is 0 Å². The summed E-state index contributed by atoms with van der Waals surface area (Å²) >= 11 is 0. The molecule has 1 N–H and O–H groups in total. The van der Waals surface area contributed by atoms with Crippen molar-refractivity contribution < 1.29 is 24.2 Å². The van der Waals surface area contributed by atoms with E-state index >= 15 is 0 Å². The van der Waals surface area contributed by atoms with E-state index in [0.717, 1.165) is 0 Å². The van der Waals surface area contributed by atoms with Crippen molar-refractivity contribution in [3.05, 3.63) is 25.7 Å². The van der Waals surface area contributed by atoms with Crippen LogP contribution in [0.25, 0.3) is 0 Å². The molecular formula is C8H10O5. The lowest BCUT2D eigenvalue weighted by Crippen LogP contribution is -2.11. The van der Waals surface area contributed by atoms with Crippen LogP contribution in [-0.4, -0.2) is 23.1 Å². The fourth-order valence-corrected chi connectivity index (χ4v) is 0.531. The number of carbonyl (C=O) groups is 2. The highest BCUT2D eigenvalue weighted by Gasteiger charge is 2.30. The molecule has 1 unspecified atom stereocenters. The highest BCUT2D eigenvalue weighted by Crippen LogP contribution is 2.05. The monoisotopic (exact) mass is 186 g/mol. The van der Waals surface area contributed by atoms with Gasteiger partial charge in [0.05, 0.1) is 18.9 Å². The first-order valence-corrected chi connectivity index (χ1v) is 3.41. The van der Waals surface area contributed by atoms with Gasteiger partial charge in [0.1, 0.15) is 0 Å². The summed E-state index contributed by atoms with van der Waals surface area (Å²) in [7, 11) is 0. The zero-order valence-corrected chi connectivity index (χ0v) is 6.93. The molecule has 0 bridgehead atoms. The van der Waals surface area contributed by atoms with Crippen LogP contribution in [0.3, 0.4) is 0 Å². The normalized spacial score (nSPS) is 19.6. The Morgan fingerprint density at radius 2 is 2.00 bits per heavy atom. The van der Waals surface area contributed by atoms with Gasteiger partial charge in [-0.1, -0.05) is 13.2 Å². The maximum atomic E-state index is 10.1. The second-order valence-electron chi connectivity index (χ2n) is 1.98. The van der Waals surface area contributed by atoms with Crippen molar-refractivity contribution in [1.29, 1.82) is 0 Å². The largest absolute Gasteiger partial charge is 0.474 e. The molecule has 0 radical (unpaired) electrons. The summed E-state index contributed by atoms with van der Waals surface area (Å²) in [5.41, 5.74) is 0. The Hall–Kier alpha value is -1.62. The SMILES string of the molecule is C=COC=C.O=C1CC(O)C(=O)O1. The van der Waals surface area contributed by atoms with Crippen LogP contribution in [0.1, 0.15) is 6.42 Å². The highest BCUT2D eigenvalue weighted by molar-refractivity contribution is 5.95. The summed E-state index contributed by atoms with van der Waals surface area (Å²) in [6.07, 6.45) is 1.21.